The summed E-state index contributed by atoms with van der Waals surface area (Å²) in [7, 11) is 0. The smallest absolute Gasteiger partial charge is 0.276 e. The molecule has 2 fully saturated rings. The first-order valence-corrected chi connectivity index (χ1v) is 10.4. The molecular weight excluding hydrogens is 368 g/mol. The second-order valence-electron chi connectivity index (χ2n) is 8.67. The van der Waals surface area contributed by atoms with Gasteiger partial charge in [-0.05, 0) is 36.3 Å². The third-order valence-corrected chi connectivity index (χ3v) is 6.27. The molecule has 0 radical (unpaired) electrons. The Labute approximate surface area is 171 Å². The second kappa shape index (κ2) is 7.97. The normalized spacial score (nSPS) is 19.2. The summed E-state index contributed by atoms with van der Waals surface area (Å²) in [6, 6.07) is 5.66. The van der Waals surface area contributed by atoms with Crippen molar-refractivity contribution in [3.8, 4) is 0 Å². The fraction of sp³-hybridized carbons (Fsp3) is 0.545. The van der Waals surface area contributed by atoms with Crippen LogP contribution in [-0.2, 0) is 11.3 Å². The van der Waals surface area contributed by atoms with Crippen LogP contribution in [0.25, 0.3) is 0 Å². The number of hydrogen-bond donors (Lipinski definition) is 0. The third-order valence-electron chi connectivity index (χ3n) is 6.27. The number of amides is 2. The summed E-state index contributed by atoms with van der Waals surface area (Å²) >= 11 is 0. The molecule has 154 valence electrons. The van der Waals surface area contributed by atoms with E-state index in [2.05, 4.69) is 10.1 Å². The van der Waals surface area contributed by atoms with Crippen LogP contribution in [0.4, 0.5) is 0 Å². The molecular formula is C22H28N4O3. The number of nitrogens with zero attached hydrogens (tertiary/aromatic N) is 4. The molecule has 2 aliphatic heterocycles. The highest BCUT2D eigenvalue weighted by Gasteiger charge is 2.42. The van der Waals surface area contributed by atoms with Gasteiger partial charge >= 0.3 is 0 Å². The summed E-state index contributed by atoms with van der Waals surface area (Å²) in [5.41, 5.74) is 1.54. The average molecular weight is 396 g/mol. The first-order valence-electron chi connectivity index (χ1n) is 10.4. The van der Waals surface area contributed by atoms with Crippen LogP contribution >= 0.6 is 0 Å². The van der Waals surface area contributed by atoms with Crippen molar-refractivity contribution in [2.75, 3.05) is 19.6 Å². The van der Waals surface area contributed by atoms with Crippen molar-refractivity contribution in [3.05, 3.63) is 47.6 Å². The van der Waals surface area contributed by atoms with Crippen LogP contribution in [0.2, 0.25) is 0 Å². The molecule has 29 heavy (non-hydrogen) atoms. The molecule has 0 bridgehead atoms. The monoisotopic (exact) mass is 396 g/mol. The van der Waals surface area contributed by atoms with E-state index >= 15 is 0 Å². The zero-order valence-electron chi connectivity index (χ0n) is 17.1. The minimum atomic E-state index is -0.0606. The van der Waals surface area contributed by atoms with Crippen molar-refractivity contribution < 1.29 is 14.1 Å². The Hall–Kier alpha value is -2.70. The summed E-state index contributed by atoms with van der Waals surface area (Å²) in [4.78, 5) is 33.2. The maximum Gasteiger partial charge on any atom is 0.276 e. The SMILES string of the molecule is CC(C)c1cc(C(=O)N2CCC3(CCC(=O)N(Cc4cccnc4)C3)CC2)no1. The lowest BCUT2D eigenvalue weighted by atomic mass is 9.72. The van der Waals surface area contributed by atoms with Crippen LogP contribution in [-0.4, -0.2) is 51.4 Å². The molecule has 7 heteroatoms. The highest BCUT2D eigenvalue weighted by atomic mass is 16.5. The Morgan fingerprint density at radius 2 is 2.07 bits per heavy atom. The Morgan fingerprint density at radius 3 is 2.72 bits per heavy atom. The van der Waals surface area contributed by atoms with Crippen molar-refractivity contribution in [3.63, 3.8) is 0 Å². The van der Waals surface area contributed by atoms with Gasteiger partial charge in [0.2, 0.25) is 5.91 Å². The van der Waals surface area contributed by atoms with E-state index in [9.17, 15) is 9.59 Å². The topological polar surface area (TPSA) is 79.5 Å². The van der Waals surface area contributed by atoms with E-state index in [1.807, 2.05) is 42.0 Å². The Balaban J connectivity index is 1.38. The average Bonchev–Trinajstić information content (AvgIpc) is 3.23. The van der Waals surface area contributed by atoms with Crippen LogP contribution in [0, 0.1) is 5.41 Å². The largest absolute Gasteiger partial charge is 0.360 e. The molecule has 2 aliphatic rings. The van der Waals surface area contributed by atoms with E-state index in [-0.39, 0.29) is 23.1 Å². The first kappa shape index (κ1) is 19.6. The van der Waals surface area contributed by atoms with E-state index < -0.39 is 0 Å². The van der Waals surface area contributed by atoms with Gasteiger partial charge in [-0.2, -0.15) is 0 Å². The summed E-state index contributed by atoms with van der Waals surface area (Å²) in [5, 5.41) is 3.96. The molecule has 4 heterocycles. The number of aromatic nitrogens is 2. The lowest BCUT2D eigenvalue weighted by Gasteiger charge is -2.47. The fourth-order valence-corrected chi connectivity index (χ4v) is 4.37. The van der Waals surface area contributed by atoms with E-state index in [1.54, 1.807) is 12.3 Å². The predicted molar refractivity (Wildman–Crippen MR) is 107 cm³/mol. The number of piperidine rings is 2. The molecule has 0 aliphatic carbocycles. The van der Waals surface area contributed by atoms with Crippen LogP contribution < -0.4 is 0 Å². The standard InChI is InChI=1S/C22H28N4O3/c1-16(2)19-12-18(24-29-19)21(28)25-10-7-22(8-11-25)6-5-20(27)26(15-22)14-17-4-3-9-23-13-17/h3-4,9,12-13,16H,5-8,10-11,14-15H2,1-2H3. The lowest BCUT2D eigenvalue weighted by molar-refractivity contribution is -0.139. The molecule has 0 unspecified atom stereocenters. The summed E-state index contributed by atoms with van der Waals surface area (Å²) < 4.78 is 5.28. The number of carbonyl (C=O) groups excluding carboxylic acids is 2. The molecule has 0 saturated carbocycles. The molecule has 2 aromatic rings. The van der Waals surface area contributed by atoms with Crippen molar-refractivity contribution in [2.45, 2.75) is 52.0 Å². The summed E-state index contributed by atoms with van der Waals surface area (Å²) in [5.74, 6) is 1.09. The molecule has 2 aromatic heterocycles. The Bertz CT molecular complexity index is 869. The quantitative estimate of drug-likeness (QED) is 0.793. The van der Waals surface area contributed by atoms with Gasteiger partial charge in [-0.3, -0.25) is 14.6 Å². The first-order chi connectivity index (χ1) is 14.0. The highest BCUT2D eigenvalue weighted by Crippen LogP contribution is 2.40. The molecule has 7 nitrogen and oxygen atoms in total. The van der Waals surface area contributed by atoms with Gasteiger partial charge in [0.05, 0.1) is 0 Å². The van der Waals surface area contributed by atoms with Gasteiger partial charge in [0.25, 0.3) is 5.91 Å². The van der Waals surface area contributed by atoms with E-state index in [1.165, 1.54) is 0 Å². The van der Waals surface area contributed by atoms with Crippen LogP contribution in [0.5, 0.6) is 0 Å². The highest BCUT2D eigenvalue weighted by molar-refractivity contribution is 5.92. The van der Waals surface area contributed by atoms with Gasteiger partial charge in [0.1, 0.15) is 5.76 Å². The van der Waals surface area contributed by atoms with Gasteiger partial charge in [-0.1, -0.05) is 25.1 Å². The minimum Gasteiger partial charge on any atom is -0.360 e. The molecule has 2 saturated heterocycles. The summed E-state index contributed by atoms with van der Waals surface area (Å²) in [6.45, 7) is 6.77. The van der Waals surface area contributed by atoms with Crippen LogP contribution in [0.3, 0.4) is 0 Å². The van der Waals surface area contributed by atoms with Crippen molar-refractivity contribution in [1.82, 2.24) is 19.9 Å². The minimum absolute atomic E-state index is 0.0606. The number of hydrogen-bond acceptors (Lipinski definition) is 5. The zero-order chi connectivity index (χ0) is 20.4. The molecule has 2 amide bonds. The Kier molecular flexibility index (Phi) is 5.39. The van der Waals surface area contributed by atoms with Gasteiger partial charge in [-0.25, -0.2) is 0 Å². The van der Waals surface area contributed by atoms with Crippen LogP contribution in [0.15, 0.2) is 35.1 Å². The molecule has 1 spiro atoms. The number of carbonyl (C=O) groups is 2. The predicted octanol–water partition coefficient (Wildman–Crippen LogP) is 3.24. The number of likely N-dealkylation sites (tertiary alicyclic amines) is 2. The molecule has 4 rings (SSSR count). The van der Waals surface area contributed by atoms with Gasteiger partial charge in [0.15, 0.2) is 5.69 Å². The fourth-order valence-electron chi connectivity index (χ4n) is 4.37. The van der Waals surface area contributed by atoms with E-state index in [0.29, 0.717) is 31.7 Å². The number of pyridine rings is 1. The van der Waals surface area contributed by atoms with Crippen molar-refractivity contribution >= 4 is 11.8 Å². The Morgan fingerprint density at radius 1 is 1.28 bits per heavy atom. The lowest BCUT2D eigenvalue weighted by Crippen LogP contribution is -2.52. The van der Waals surface area contributed by atoms with Crippen LogP contribution in [0.1, 0.15) is 67.3 Å². The van der Waals surface area contributed by atoms with Gasteiger partial charge in [-0.15, -0.1) is 0 Å². The van der Waals surface area contributed by atoms with Gasteiger partial charge < -0.3 is 14.3 Å². The third kappa shape index (κ3) is 4.18. The van der Waals surface area contributed by atoms with E-state index in [0.717, 1.165) is 37.1 Å². The molecule has 0 atom stereocenters. The summed E-state index contributed by atoms with van der Waals surface area (Å²) in [6.07, 6.45) is 6.86. The maximum absolute atomic E-state index is 12.8. The molecule has 0 aromatic carbocycles. The van der Waals surface area contributed by atoms with Crippen molar-refractivity contribution in [2.24, 2.45) is 5.41 Å². The zero-order valence-corrected chi connectivity index (χ0v) is 17.1. The number of rotatable bonds is 4. The maximum atomic E-state index is 12.8. The molecule has 0 N–H and O–H groups in total. The second-order valence-corrected chi connectivity index (χ2v) is 8.67. The van der Waals surface area contributed by atoms with Crippen molar-refractivity contribution in [1.29, 1.82) is 0 Å². The van der Waals surface area contributed by atoms with Gasteiger partial charge in [0, 0.05) is 57.0 Å². The van der Waals surface area contributed by atoms with E-state index in [4.69, 9.17) is 4.52 Å².